The van der Waals surface area contributed by atoms with Gasteiger partial charge in [-0.05, 0) is 0 Å². The minimum Gasteiger partial charge on any atom is -0.375 e. The molecule has 2 saturated heterocycles. The number of hydrogen-bond acceptors (Lipinski definition) is 5. The van der Waals surface area contributed by atoms with Gasteiger partial charge in [-0.3, -0.25) is 4.79 Å². The molecule has 0 aliphatic carbocycles. The van der Waals surface area contributed by atoms with Crippen LogP contribution >= 0.6 is 0 Å². The third-order valence-corrected chi connectivity index (χ3v) is 5.57. The van der Waals surface area contributed by atoms with Gasteiger partial charge in [0, 0.05) is 38.2 Å². The maximum atomic E-state index is 13.7. The van der Waals surface area contributed by atoms with E-state index in [0.29, 0.717) is 6.20 Å². The molecule has 0 saturated carbocycles. The normalized spacial score (nSPS) is 25.4. The summed E-state index contributed by atoms with van der Waals surface area (Å²) in [4.78, 5) is 17.0. The van der Waals surface area contributed by atoms with Gasteiger partial charge in [-0.2, -0.15) is 8.70 Å². The Kier molecular flexibility index (Phi) is 4.54. The van der Waals surface area contributed by atoms with E-state index in [0.717, 1.165) is 12.3 Å². The molecule has 1 amide bonds. The molecule has 24 heavy (non-hydrogen) atoms. The molecule has 0 unspecified atom stereocenters. The van der Waals surface area contributed by atoms with Crippen LogP contribution in [0.4, 0.5) is 8.78 Å². The Balaban J connectivity index is 1.77. The highest BCUT2D eigenvalue weighted by atomic mass is 32.2. The zero-order chi connectivity index (χ0) is 17.5. The Hall–Kier alpha value is -1.65. The van der Waals surface area contributed by atoms with Gasteiger partial charge in [0.15, 0.2) is 5.82 Å². The number of sulfonamides is 1. The third-order valence-electron chi connectivity index (χ3n) is 4.30. The molecule has 0 radical (unpaired) electrons. The van der Waals surface area contributed by atoms with E-state index in [1.54, 1.807) is 0 Å². The summed E-state index contributed by atoms with van der Waals surface area (Å²) in [5.74, 6) is -2.70. The van der Waals surface area contributed by atoms with Crippen LogP contribution in [-0.4, -0.2) is 73.7 Å². The minimum absolute atomic E-state index is 0.207. The summed E-state index contributed by atoms with van der Waals surface area (Å²) in [6.45, 7) is 1.17. The van der Waals surface area contributed by atoms with Crippen LogP contribution in [0.2, 0.25) is 0 Å². The number of likely N-dealkylation sites (tertiary alicyclic amines) is 1. The van der Waals surface area contributed by atoms with E-state index in [-0.39, 0.29) is 50.4 Å². The number of rotatable bonds is 2. The molecule has 2 atom stereocenters. The van der Waals surface area contributed by atoms with Crippen molar-refractivity contribution in [3.05, 3.63) is 29.6 Å². The summed E-state index contributed by atoms with van der Waals surface area (Å²) in [5, 5.41) is 0. The molecule has 0 spiro atoms. The average molecular weight is 361 g/mol. The van der Waals surface area contributed by atoms with Crippen LogP contribution in [0, 0.1) is 17.7 Å². The molecule has 2 aliphatic heterocycles. The second-order valence-electron chi connectivity index (χ2n) is 5.99. The molecule has 0 bridgehead atoms. The van der Waals surface area contributed by atoms with Crippen molar-refractivity contribution in [2.24, 2.45) is 5.92 Å². The van der Waals surface area contributed by atoms with E-state index in [1.807, 2.05) is 0 Å². The average Bonchev–Trinajstić information content (AvgIpc) is 2.79. The zero-order valence-electron chi connectivity index (χ0n) is 13.0. The molecular formula is C14H17F2N3O4S. The lowest BCUT2D eigenvalue weighted by molar-refractivity contribution is 0.0490. The van der Waals surface area contributed by atoms with Gasteiger partial charge in [0.05, 0.1) is 30.7 Å². The number of nitrogens with zero attached hydrogens (tertiary/aromatic N) is 3. The van der Waals surface area contributed by atoms with Crippen molar-refractivity contribution in [1.29, 1.82) is 0 Å². The summed E-state index contributed by atoms with van der Waals surface area (Å²) in [7, 11) is -3.36. The van der Waals surface area contributed by atoms with E-state index in [4.69, 9.17) is 4.74 Å². The molecular weight excluding hydrogens is 344 g/mol. The summed E-state index contributed by atoms with van der Waals surface area (Å²) in [6, 6.07) is 0.759. The van der Waals surface area contributed by atoms with Crippen molar-refractivity contribution >= 4 is 15.9 Å². The highest BCUT2D eigenvalue weighted by molar-refractivity contribution is 7.88. The second-order valence-corrected chi connectivity index (χ2v) is 7.97. The maximum Gasteiger partial charge on any atom is 0.257 e. The maximum absolute atomic E-state index is 13.7. The minimum atomic E-state index is -3.36. The van der Waals surface area contributed by atoms with Crippen molar-refractivity contribution in [3.63, 3.8) is 0 Å². The molecule has 1 aromatic heterocycles. The fraction of sp³-hybridized carbons (Fsp3) is 0.571. The Morgan fingerprint density at radius 2 is 2.08 bits per heavy atom. The molecule has 7 nitrogen and oxygen atoms in total. The van der Waals surface area contributed by atoms with Crippen molar-refractivity contribution in [2.75, 3.05) is 39.0 Å². The molecule has 0 N–H and O–H groups in total. The molecule has 0 aromatic carbocycles. The zero-order valence-corrected chi connectivity index (χ0v) is 13.8. The van der Waals surface area contributed by atoms with Crippen LogP contribution in [0.25, 0.3) is 0 Å². The lowest BCUT2D eigenvalue weighted by Gasteiger charge is -2.21. The number of carbonyl (C=O) groups is 1. The summed E-state index contributed by atoms with van der Waals surface area (Å²) in [5.41, 5.74) is -0.390. The van der Waals surface area contributed by atoms with Crippen molar-refractivity contribution in [3.8, 4) is 0 Å². The van der Waals surface area contributed by atoms with E-state index in [9.17, 15) is 22.0 Å². The first-order chi connectivity index (χ1) is 11.3. The summed E-state index contributed by atoms with van der Waals surface area (Å²) < 4.78 is 57.3. The van der Waals surface area contributed by atoms with Crippen LogP contribution in [-0.2, 0) is 14.8 Å². The van der Waals surface area contributed by atoms with E-state index >= 15 is 0 Å². The number of halogens is 2. The van der Waals surface area contributed by atoms with Crippen molar-refractivity contribution in [2.45, 2.75) is 6.10 Å². The molecule has 3 rings (SSSR count). The first-order valence-corrected chi connectivity index (χ1v) is 9.27. The largest absolute Gasteiger partial charge is 0.375 e. The Morgan fingerprint density at radius 1 is 1.33 bits per heavy atom. The fourth-order valence-electron chi connectivity index (χ4n) is 3.08. The molecule has 2 fully saturated rings. The van der Waals surface area contributed by atoms with E-state index < -0.39 is 27.7 Å². The smallest absolute Gasteiger partial charge is 0.257 e. The number of aromatic nitrogens is 1. The number of amides is 1. The molecule has 132 valence electrons. The van der Waals surface area contributed by atoms with Crippen LogP contribution in [0.3, 0.4) is 0 Å². The van der Waals surface area contributed by atoms with Gasteiger partial charge >= 0.3 is 0 Å². The number of pyridine rings is 1. The quantitative estimate of drug-likeness (QED) is 0.698. The predicted octanol–water partition coefficient (Wildman–Crippen LogP) is 0.0922. The van der Waals surface area contributed by atoms with Crippen LogP contribution in [0.1, 0.15) is 10.4 Å². The van der Waals surface area contributed by atoms with Gasteiger partial charge < -0.3 is 9.64 Å². The third kappa shape index (κ3) is 3.40. The monoisotopic (exact) mass is 361 g/mol. The number of hydrogen-bond donors (Lipinski definition) is 0. The molecule has 3 heterocycles. The van der Waals surface area contributed by atoms with E-state index in [2.05, 4.69) is 4.98 Å². The van der Waals surface area contributed by atoms with Gasteiger partial charge in [-0.15, -0.1) is 0 Å². The van der Waals surface area contributed by atoms with E-state index in [1.165, 1.54) is 9.21 Å². The van der Waals surface area contributed by atoms with Crippen LogP contribution in [0.5, 0.6) is 0 Å². The SMILES string of the molecule is CS(=O)(=O)N1CCO[C@@H]2CN(C(=O)c3cc(F)ncc3F)C[C@@H]2C1. The predicted molar refractivity (Wildman–Crippen MR) is 79.7 cm³/mol. The van der Waals surface area contributed by atoms with Gasteiger partial charge in [0.25, 0.3) is 5.91 Å². The lowest BCUT2D eigenvalue weighted by atomic mass is 10.1. The van der Waals surface area contributed by atoms with Gasteiger partial charge in [-0.25, -0.2) is 17.8 Å². The van der Waals surface area contributed by atoms with Gasteiger partial charge in [0.2, 0.25) is 16.0 Å². The van der Waals surface area contributed by atoms with Gasteiger partial charge in [0.1, 0.15) is 0 Å². The van der Waals surface area contributed by atoms with Crippen LogP contribution < -0.4 is 0 Å². The fourth-order valence-corrected chi connectivity index (χ4v) is 3.95. The topological polar surface area (TPSA) is 79.8 Å². The number of ether oxygens (including phenoxy) is 1. The standard InChI is InChI=1S/C14H17F2N3O4S/c1-24(21,22)19-2-3-23-12-8-18(6-9(12)7-19)14(20)10-4-13(16)17-5-11(10)15/h4-5,9,12H,2-3,6-8H2,1H3/t9-,12-/m1/s1. The van der Waals surface area contributed by atoms with Gasteiger partial charge in [-0.1, -0.05) is 0 Å². The highest BCUT2D eigenvalue weighted by Gasteiger charge is 2.40. The molecule has 1 aromatic rings. The van der Waals surface area contributed by atoms with Crippen molar-refractivity contribution < 1.29 is 26.7 Å². The lowest BCUT2D eigenvalue weighted by Crippen LogP contribution is -2.37. The number of carbonyl (C=O) groups excluding carboxylic acids is 1. The van der Waals surface area contributed by atoms with Crippen LogP contribution in [0.15, 0.2) is 12.3 Å². The molecule has 2 aliphatic rings. The molecule has 10 heteroatoms. The first kappa shape index (κ1) is 17.2. The number of fused-ring (bicyclic) bond motifs is 1. The van der Waals surface area contributed by atoms with Crippen molar-refractivity contribution in [1.82, 2.24) is 14.2 Å². The first-order valence-electron chi connectivity index (χ1n) is 7.43. The second kappa shape index (κ2) is 6.34. The summed E-state index contributed by atoms with van der Waals surface area (Å²) >= 11 is 0. The Morgan fingerprint density at radius 3 is 2.79 bits per heavy atom. The highest BCUT2D eigenvalue weighted by Crippen LogP contribution is 2.26. The summed E-state index contributed by atoms with van der Waals surface area (Å²) in [6.07, 6.45) is 1.47. The Labute approximate surface area is 138 Å². The Bertz CT molecular complexity index is 758.